The van der Waals surface area contributed by atoms with Crippen molar-refractivity contribution < 1.29 is 19.1 Å². The third-order valence-electron chi connectivity index (χ3n) is 5.42. The number of Topliss-reactive ketones (excluding diaryl/α,β-unsaturated/α-hetero) is 2. The highest BCUT2D eigenvalue weighted by molar-refractivity contribution is 6.51. The van der Waals surface area contributed by atoms with E-state index in [4.69, 9.17) is 16.3 Å². The van der Waals surface area contributed by atoms with Crippen LogP contribution in [0.3, 0.4) is 0 Å². The molecule has 0 bridgehead atoms. The summed E-state index contributed by atoms with van der Waals surface area (Å²) in [6.45, 7) is 2.14. The Morgan fingerprint density at radius 1 is 0.824 bits per heavy atom. The molecule has 0 saturated carbocycles. The van der Waals surface area contributed by atoms with Gasteiger partial charge in [-0.1, -0.05) is 96.5 Å². The molecule has 1 aliphatic carbocycles. The molecule has 34 heavy (non-hydrogen) atoms. The van der Waals surface area contributed by atoms with E-state index in [-0.39, 0.29) is 33.9 Å². The highest BCUT2D eigenvalue weighted by Crippen LogP contribution is 2.35. The molecule has 0 heterocycles. The first-order valence-electron chi connectivity index (χ1n) is 10.9. The molecule has 0 spiro atoms. The lowest BCUT2D eigenvalue weighted by molar-refractivity contribution is -0.138. The third kappa shape index (κ3) is 4.56. The maximum absolute atomic E-state index is 13.6. The minimum Gasteiger partial charge on any atom is -0.462 e. The van der Waals surface area contributed by atoms with E-state index in [0.717, 1.165) is 5.56 Å². The number of ketones is 2. The van der Waals surface area contributed by atoms with Crippen molar-refractivity contribution in [1.82, 2.24) is 5.32 Å². The Labute approximate surface area is 202 Å². The highest BCUT2D eigenvalue weighted by atomic mass is 35.5. The quantitative estimate of drug-likeness (QED) is 0.373. The van der Waals surface area contributed by atoms with Crippen LogP contribution in [0, 0.1) is 0 Å². The number of halogens is 1. The van der Waals surface area contributed by atoms with Gasteiger partial charge >= 0.3 is 5.97 Å². The number of benzene rings is 3. The molecule has 170 valence electrons. The first-order valence-corrected chi connectivity index (χ1v) is 11.2. The van der Waals surface area contributed by atoms with Crippen LogP contribution in [-0.2, 0) is 16.1 Å². The number of carbonyl (C=O) groups is 3. The van der Waals surface area contributed by atoms with Crippen molar-refractivity contribution in [3.05, 3.63) is 123 Å². The summed E-state index contributed by atoms with van der Waals surface area (Å²) in [5.41, 5.74) is 2.15. The van der Waals surface area contributed by atoms with Gasteiger partial charge in [0.25, 0.3) is 0 Å². The molecule has 6 heteroatoms. The van der Waals surface area contributed by atoms with E-state index in [9.17, 15) is 14.4 Å². The second-order valence-electron chi connectivity index (χ2n) is 7.57. The molecule has 0 radical (unpaired) electrons. The van der Waals surface area contributed by atoms with Gasteiger partial charge in [-0.3, -0.25) is 9.59 Å². The average Bonchev–Trinajstić information content (AvgIpc) is 2.88. The average molecular weight is 472 g/mol. The predicted octanol–water partition coefficient (Wildman–Crippen LogP) is 5.32. The van der Waals surface area contributed by atoms with Gasteiger partial charge in [0.15, 0.2) is 5.78 Å². The lowest BCUT2D eigenvalue weighted by Gasteiger charge is -2.22. The lowest BCUT2D eigenvalue weighted by Crippen LogP contribution is -2.27. The van der Waals surface area contributed by atoms with Crippen molar-refractivity contribution in [2.24, 2.45) is 0 Å². The molecular formula is C28H22ClNO4. The van der Waals surface area contributed by atoms with Crippen LogP contribution in [0.25, 0.3) is 5.70 Å². The molecule has 5 nitrogen and oxygen atoms in total. The minimum atomic E-state index is -0.740. The zero-order valence-electron chi connectivity index (χ0n) is 18.5. The zero-order chi connectivity index (χ0) is 24.1. The van der Waals surface area contributed by atoms with Gasteiger partial charge in [-0.25, -0.2) is 4.79 Å². The van der Waals surface area contributed by atoms with E-state index in [1.807, 2.05) is 60.7 Å². The monoisotopic (exact) mass is 471 g/mol. The normalized spacial score (nSPS) is 13.8. The fourth-order valence-corrected chi connectivity index (χ4v) is 4.11. The molecule has 0 aliphatic heterocycles. The molecule has 0 fully saturated rings. The summed E-state index contributed by atoms with van der Waals surface area (Å²) < 4.78 is 5.34. The topological polar surface area (TPSA) is 72.5 Å². The van der Waals surface area contributed by atoms with Gasteiger partial charge in [0.1, 0.15) is 5.03 Å². The van der Waals surface area contributed by atoms with Crippen molar-refractivity contribution in [3.63, 3.8) is 0 Å². The van der Waals surface area contributed by atoms with Gasteiger partial charge in [-0.15, -0.1) is 0 Å². The van der Waals surface area contributed by atoms with Crippen LogP contribution in [-0.4, -0.2) is 24.1 Å². The summed E-state index contributed by atoms with van der Waals surface area (Å²) >= 11 is 6.48. The number of rotatable bonds is 7. The summed E-state index contributed by atoms with van der Waals surface area (Å²) in [6, 6.07) is 25.2. The Balaban J connectivity index is 1.94. The summed E-state index contributed by atoms with van der Waals surface area (Å²) in [6.07, 6.45) is 0. The molecule has 0 amide bonds. The Kier molecular flexibility index (Phi) is 7.04. The van der Waals surface area contributed by atoms with Crippen molar-refractivity contribution in [3.8, 4) is 0 Å². The first-order chi connectivity index (χ1) is 16.5. The first kappa shape index (κ1) is 23.2. The smallest absolute Gasteiger partial charge is 0.341 e. The number of carbonyl (C=O) groups excluding carboxylic acids is 3. The highest BCUT2D eigenvalue weighted by Gasteiger charge is 2.37. The molecule has 4 rings (SSSR count). The van der Waals surface area contributed by atoms with Crippen molar-refractivity contribution in [2.45, 2.75) is 13.5 Å². The van der Waals surface area contributed by atoms with Crippen molar-refractivity contribution >= 4 is 34.8 Å². The molecule has 0 saturated heterocycles. The summed E-state index contributed by atoms with van der Waals surface area (Å²) in [4.78, 5) is 39.9. The van der Waals surface area contributed by atoms with Gasteiger partial charge in [0.05, 0.1) is 23.5 Å². The maximum atomic E-state index is 13.6. The Hall–Kier alpha value is -3.96. The number of esters is 1. The number of nitrogens with one attached hydrogen (secondary N) is 1. The summed E-state index contributed by atoms with van der Waals surface area (Å²) in [5, 5.41) is 2.99. The molecule has 1 aliphatic rings. The van der Waals surface area contributed by atoms with Crippen LogP contribution < -0.4 is 5.32 Å². The van der Waals surface area contributed by atoms with E-state index in [1.54, 1.807) is 31.2 Å². The zero-order valence-corrected chi connectivity index (χ0v) is 19.3. The Morgan fingerprint density at radius 3 is 2.00 bits per heavy atom. The minimum absolute atomic E-state index is 0.0677. The number of hydrogen-bond acceptors (Lipinski definition) is 5. The van der Waals surface area contributed by atoms with Gasteiger partial charge < -0.3 is 10.1 Å². The Morgan fingerprint density at radius 2 is 1.38 bits per heavy atom. The number of hydrogen-bond donors (Lipinski definition) is 1. The van der Waals surface area contributed by atoms with E-state index in [0.29, 0.717) is 17.8 Å². The van der Waals surface area contributed by atoms with Crippen LogP contribution in [0.4, 0.5) is 0 Å². The number of ether oxygens (including phenoxy) is 1. The Bertz CT molecular complexity index is 1310. The third-order valence-corrected chi connectivity index (χ3v) is 5.78. The molecule has 0 atom stereocenters. The SMILES string of the molecule is CCOC(=O)C(C1=C(Cl)C(=O)c2ccccc2C1=O)=C(NCc1ccccc1)c1ccccc1. The van der Waals surface area contributed by atoms with Crippen LogP contribution in [0.5, 0.6) is 0 Å². The lowest BCUT2D eigenvalue weighted by atomic mass is 9.84. The maximum Gasteiger partial charge on any atom is 0.341 e. The summed E-state index contributed by atoms with van der Waals surface area (Å²) in [7, 11) is 0. The fourth-order valence-electron chi connectivity index (χ4n) is 3.83. The molecule has 0 unspecified atom stereocenters. The van der Waals surface area contributed by atoms with E-state index in [2.05, 4.69) is 5.32 Å². The molecule has 3 aromatic rings. The van der Waals surface area contributed by atoms with Crippen molar-refractivity contribution in [1.29, 1.82) is 0 Å². The van der Waals surface area contributed by atoms with Gasteiger partial charge in [0.2, 0.25) is 5.78 Å². The predicted molar refractivity (Wildman–Crippen MR) is 131 cm³/mol. The van der Waals surface area contributed by atoms with E-state index < -0.39 is 17.5 Å². The number of fused-ring (bicyclic) bond motifs is 1. The van der Waals surface area contributed by atoms with Gasteiger partial charge in [-0.2, -0.15) is 0 Å². The largest absolute Gasteiger partial charge is 0.462 e. The molecule has 1 N–H and O–H groups in total. The van der Waals surface area contributed by atoms with Crippen LogP contribution in [0.15, 0.2) is 101 Å². The molecule has 3 aromatic carbocycles. The number of allylic oxidation sites excluding steroid dienone is 1. The van der Waals surface area contributed by atoms with E-state index in [1.165, 1.54) is 0 Å². The van der Waals surface area contributed by atoms with Gasteiger partial charge in [0, 0.05) is 17.7 Å². The fraction of sp³-hybridized carbons (Fsp3) is 0.107. The second-order valence-corrected chi connectivity index (χ2v) is 7.95. The summed E-state index contributed by atoms with van der Waals surface area (Å²) in [5.74, 6) is -1.75. The van der Waals surface area contributed by atoms with Crippen LogP contribution >= 0.6 is 11.6 Å². The van der Waals surface area contributed by atoms with Crippen molar-refractivity contribution in [2.75, 3.05) is 6.61 Å². The van der Waals surface area contributed by atoms with Gasteiger partial charge in [-0.05, 0) is 18.1 Å². The van der Waals surface area contributed by atoms with Crippen LogP contribution in [0.1, 0.15) is 38.8 Å². The van der Waals surface area contributed by atoms with Crippen LogP contribution in [0.2, 0.25) is 0 Å². The second kappa shape index (κ2) is 10.3. The molecular weight excluding hydrogens is 450 g/mol. The molecule has 0 aromatic heterocycles. The van der Waals surface area contributed by atoms with E-state index >= 15 is 0 Å². The standard InChI is InChI=1S/C28H22ClNO4/c1-2-34-28(33)23(22-24(29)27(32)21-16-10-9-15-20(21)26(22)31)25(19-13-7-4-8-14-19)30-17-18-11-5-3-6-12-18/h3-16,30H,2,17H2,1H3.